The van der Waals surface area contributed by atoms with Gasteiger partial charge in [0.2, 0.25) is 5.91 Å². The quantitative estimate of drug-likeness (QED) is 0.856. The van der Waals surface area contributed by atoms with Crippen molar-refractivity contribution in [1.29, 1.82) is 0 Å². The van der Waals surface area contributed by atoms with Crippen LogP contribution < -0.4 is 5.32 Å². The number of hydrogen-bond donors (Lipinski definition) is 1. The SMILES string of the molecule is CCC(NC(=O)c1cccc(CN2CCCC2=O)c1)c1ccc(C)cc1. The van der Waals surface area contributed by atoms with Gasteiger partial charge in [-0.2, -0.15) is 0 Å². The predicted octanol–water partition coefficient (Wildman–Crippen LogP) is 4.00. The highest BCUT2D eigenvalue weighted by molar-refractivity contribution is 5.94. The Morgan fingerprint density at radius 1 is 1.19 bits per heavy atom. The third kappa shape index (κ3) is 4.31. The maximum atomic E-state index is 12.7. The minimum absolute atomic E-state index is 0.00749. The fourth-order valence-electron chi connectivity index (χ4n) is 3.36. The molecule has 1 fully saturated rings. The number of rotatable bonds is 6. The first-order valence-electron chi connectivity index (χ1n) is 9.31. The third-order valence-electron chi connectivity index (χ3n) is 4.93. The summed E-state index contributed by atoms with van der Waals surface area (Å²) in [5.74, 6) is 0.122. The largest absolute Gasteiger partial charge is 0.345 e. The Kier molecular flexibility index (Phi) is 5.71. The first-order valence-corrected chi connectivity index (χ1v) is 9.31. The lowest BCUT2D eigenvalue weighted by molar-refractivity contribution is -0.128. The third-order valence-corrected chi connectivity index (χ3v) is 4.93. The van der Waals surface area contributed by atoms with Crippen LogP contribution >= 0.6 is 0 Å². The average molecular weight is 350 g/mol. The molecule has 3 rings (SSSR count). The molecule has 26 heavy (non-hydrogen) atoms. The second-order valence-corrected chi connectivity index (χ2v) is 6.96. The second kappa shape index (κ2) is 8.17. The highest BCUT2D eigenvalue weighted by Gasteiger charge is 2.20. The van der Waals surface area contributed by atoms with Crippen molar-refractivity contribution in [2.24, 2.45) is 0 Å². The number of aryl methyl sites for hydroxylation is 1. The van der Waals surface area contributed by atoms with Gasteiger partial charge >= 0.3 is 0 Å². The van der Waals surface area contributed by atoms with Crippen LogP contribution in [0.25, 0.3) is 0 Å². The monoisotopic (exact) mass is 350 g/mol. The molecule has 0 aromatic heterocycles. The lowest BCUT2D eigenvalue weighted by Crippen LogP contribution is -2.28. The van der Waals surface area contributed by atoms with Crippen LogP contribution in [0, 0.1) is 6.92 Å². The molecule has 2 aromatic carbocycles. The van der Waals surface area contributed by atoms with Gasteiger partial charge in [0, 0.05) is 25.1 Å². The van der Waals surface area contributed by atoms with Gasteiger partial charge in [-0.15, -0.1) is 0 Å². The number of nitrogens with one attached hydrogen (secondary N) is 1. The summed E-state index contributed by atoms with van der Waals surface area (Å²) in [6, 6.07) is 15.8. The van der Waals surface area contributed by atoms with E-state index in [-0.39, 0.29) is 17.9 Å². The van der Waals surface area contributed by atoms with Gasteiger partial charge in [-0.3, -0.25) is 9.59 Å². The van der Waals surface area contributed by atoms with Gasteiger partial charge in [0.25, 0.3) is 5.91 Å². The Balaban J connectivity index is 1.69. The maximum absolute atomic E-state index is 12.7. The van der Waals surface area contributed by atoms with Gasteiger partial charge in [-0.25, -0.2) is 0 Å². The number of carbonyl (C=O) groups excluding carboxylic acids is 2. The summed E-state index contributed by atoms with van der Waals surface area (Å²) in [5, 5.41) is 3.13. The van der Waals surface area contributed by atoms with Crippen LogP contribution in [0.1, 0.15) is 59.3 Å². The lowest BCUT2D eigenvalue weighted by atomic mass is 10.0. The molecule has 0 saturated carbocycles. The van der Waals surface area contributed by atoms with E-state index in [0.717, 1.165) is 30.5 Å². The van der Waals surface area contributed by atoms with E-state index >= 15 is 0 Å². The van der Waals surface area contributed by atoms with E-state index in [0.29, 0.717) is 18.5 Å². The van der Waals surface area contributed by atoms with Crippen LogP contribution in [0.5, 0.6) is 0 Å². The molecule has 1 N–H and O–H groups in total. The van der Waals surface area contributed by atoms with E-state index in [2.05, 4.69) is 43.4 Å². The van der Waals surface area contributed by atoms with Gasteiger partial charge in [-0.1, -0.05) is 48.9 Å². The van der Waals surface area contributed by atoms with Gasteiger partial charge < -0.3 is 10.2 Å². The van der Waals surface area contributed by atoms with Crippen LogP contribution in [0.3, 0.4) is 0 Å². The van der Waals surface area contributed by atoms with Gasteiger partial charge in [0.05, 0.1) is 6.04 Å². The van der Waals surface area contributed by atoms with Crippen molar-refractivity contribution in [2.45, 2.75) is 45.7 Å². The normalized spacial score (nSPS) is 15.2. The Morgan fingerprint density at radius 3 is 2.62 bits per heavy atom. The topological polar surface area (TPSA) is 49.4 Å². The Bertz CT molecular complexity index is 783. The van der Waals surface area contributed by atoms with E-state index < -0.39 is 0 Å². The molecule has 1 aliphatic heterocycles. The molecular weight excluding hydrogens is 324 g/mol. The summed E-state index contributed by atoms with van der Waals surface area (Å²) in [5.41, 5.74) is 3.96. The average Bonchev–Trinajstić information content (AvgIpc) is 3.05. The van der Waals surface area contributed by atoms with Crippen LogP contribution in [0.2, 0.25) is 0 Å². The number of nitrogens with zero attached hydrogens (tertiary/aromatic N) is 1. The molecule has 1 atom stereocenters. The molecule has 136 valence electrons. The van der Waals surface area contributed by atoms with Gasteiger partial charge in [0.1, 0.15) is 0 Å². The number of likely N-dealkylation sites (tertiary alicyclic amines) is 1. The van der Waals surface area contributed by atoms with E-state index in [1.165, 1.54) is 5.56 Å². The molecule has 0 radical (unpaired) electrons. The van der Waals surface area contributed by atoms with Crippen LogP contribution in [0.15, 0.2) is 48.5 Å². The summed E-state index contributed by atoms with van der Waals surface area (Å²) in [7, 11) is 0. The summed E-state index contributed by atoms with van der Waals surface area (Å²) < 4.78 is 0. The molecule has 0 bridgehead atoms. The molecule has 0 aliphatic carbocycles. The fraction of sp³-hybridized carbons (Fsp3) is 0.364. The second-order valence-electron chi connectivity index (χ2n) is 6.96. The number of hydrogen-bond acceptors (Lipinski definition) is 2. The molecule has 0 spiro atoms. The van der Waals surface area contributed by atoms with Gasteiger partial charge in [0.15, 0.2) is 0 Å². The maximum Gasteiger partial charge on any atom is 0.251 e. The van der Waals surface area contributed by atoms with E-state index in [9.17, 15) is 9.59 Å². The fourth-order valence-corrected chi connectivity index (χ4v) is 3.36. The zero-order valence-corrected chi connectivity index (χ0v) is 15.5. The van der Waals surface area contributed by atoms with Crippen LogP contribution in [0.4, 0.5) is 0 Å². The minimum Gasteiger partial charge on any atom is -0.345 e. The Morgan fingerprint density at radius 2 is 1.96 bits per heavy atom. The molecule has 1 aliphatic rings. The predicted molar refractivity (Wildman–Crippen MR) is 103 cm³/mol. The first-order chi connectivity index (χ1) is 12.6. The summed E-state index contributed by atoms with van der Waals surface area (Å²) in [4.78, 5) is 26.4. The van der Waals surface area contributed by atoms with Crippen molar-refractivity contribution in [2.75, 3.05) is 6.54 Å². The number of carbonyl (C=O) groups is 2. The van der Waals surface area contributed by atoms with Gasteiger partial charge in [-0.05, 0) is 43.0 Å². The molecule has 1 unspecified atom stereocenters. The summed E-state index contributed by atoms with van der Waals surface area (Å²) in [6.45, 7) is 5.51. The number of amides is 2. The highest BCUT2D eigenvalue weighted by atomic mass is 16.2. The van der Waals surface area contributed by atoms with Crippen molar-refractivity contribution < 1.29 is 9.59 Å². The minimum atomic E-state index is -0.0768. The molecule has 1 heterocycles. The molecule has 4 nitrogen and oxygen atoms in total. The molecule has 1 saturated heterocycles. The van der Waals surface area contributed by atoms with Crippen molar-refractivity contribution in [3.05, 3.63) is 70.8 Å². The number of benzene rings is 2. The van der Waals surface area contributed by atoms with E-state index in [4.69, 9.17) is 0 Å². The van der Waals surface area contributed by atoms with Crippen LogP contribution in [-0.4, -0.2) is 23.3 Å². The van der Waals surface area contributed by atoms with E-state index in [1.807, 2.05) is 29.2 Å². The zero-order chi connectivity index (χ0) is 18.5. The van der Waals surface area contributed by atoms with Crippen molar-refractivity contribution >= 4 is 11.8 Å². The molecule has 4 heteroatoms. The lowest BCUT2D eigenvalue weighted by Gasteiger charge is -2.19. The molecule has 2 amide bonds. The Hall–Kier alpha value is -2.62. The van der Waals surface area contributed by atoms with Crippen LogP contribution in [-0.2, 0) is 11.3 Å². The van der Waals surface area contributed by atoms with Crippen molar-refractivity contribution in [3.8, 4) is 0 Å². The summed E-state index contributed by atoms with van der Waals surface area (Å²) >= 11 is 0. The standard InChI is InChI=1S/C22H26N2O2/c1-3-20(18-11-9-16(2)10-12-18)23-22(26)19-7-4-6-17(14-19)15-24-13-5-8-21(24)25/h4,6-7,9-12,14,20H,3,5,8,13,15H2,1-2H3,(H,23,26). The zero-order valence-electron chi connectivity index (χ0n) is 15.5. The Labute approximate surface area is 155 Å². The smallest absolute Gasteiger partial charge is 0.251 e. The first kappa shape index (κ1) is 18.2. The summed E-state index contributed by atoms with van der Waals surface area (Å²) in [6.07, 6.45) is 2.39. The van der Waals surface area contributed by atoms with Crippen molar-refractivity contribution in [3.63, 3.8) is 0 Å². The van der Waals surface area contributed by atoms with E-state index in [1.54, 1.807) is 0 Å². The molecular formula is C22H26N2O2. The highest BCUT2D eigenvalue weighted by Crippen LogP contribution is 2.19. The van der Waals surface area contributed by atoms with Crippen molar-refractivity contribution in [1.82, 2.24) is 10.2 Å². The molecule has 2 aromatic rings.